The topological polar surface area (TPSA) is 72.7 Å². The van der Waals surface area contributed by atoms with Gasteiger partial charge in [-0.1, -0.05) is 36.4 Å². The van der Waals surface area contributed by atoms with Gasteiger partial charge in [-0.25, -0.2) is 0 Å². The Morgan fingerprint density at radius 1 is 1.09 bits per heavy atom. The van der Waals surface area contributed by atoms with Gasteiger partial charge in [-0.05, 0) is 36.6 Å². The predicted molar refractivity (Wildman–Crippen MR) is 86.6 cm³/mol. The number of hydrogen-bond acceptors (Lipinski definition) is 4. The number of phenols is 1. The summed E-state index contributed by atoms with van der Waals surface area (Å²) in [6.07, 6.45) is 0.217. The van der Waals surface area contributed by atoms with Gasteiger partial charge >= 0.3 is 0 Å². The van der Waals surface area contributed by atoms with Gasteiger partial charge in [0.2, 0.25) is 0 Å². The highest BCUT2D eigenvalue weighted by Crippen LogP contribution is 2.22. The number of aliphatic hydroxyl groups excluding tert-OH is 2. The van der Waals surface area contributed by atoms with Crippen LogP contribution in [0.2, 0.25) is 0 Å². The lowest BCUT2D eigenvalue weighted by atomic mass is 10.0. The van der Waals surface area contributed by atoms with Gasteiger partial charge in [0.05, 0.1) is 12.7 Å². The molecule has 0 saturated heterocycles. The van der Waals surface area contributed by atoms with Crippen LogP contribution in [0.15, 0.2) is 48.5 Å². The molecule has 22 heavy (non-hydrogen) atoms. The molecule has 4 nitrogen and oxygen atoms in total. The highest BCUT2D eigenvalue weighted by molar-refractivity contribution is 5.36. The molecular weight excluding hydrogens is 278 g/mol. The Morgan fingerprint density at radius 3 is 2.50 bits per heavy atom. The van der Waals surface area contributed by atoms with Gasteiger partial charge in [-0.2, -0.15) is 0 Å². The third-order valence-electron chi connectivity index (χ3n) is 3.70. The van der Waals surface area contributed by atoms with Crippen LogP contribution in [0.4, 0.5) is 0 Å². The van der Waals surface area contributed by atoms with Crippen LogP contribution in [0.1, 0.15) is 29.7 Å². The maximum Gasteiger partial charge on any atom is 0.121 e. The van der Waals surface area contributed by atoms with Crippen molar-refractivity contribution in [3.05, 3.63) is 65.2 Å². The van der Waals surface area contributed by atoms with Crippen molar-refractivity contribution in [1.82, 2.24) is 5.32 Å². The van der Waals surface area contributed by atoms with Gasteiger partial charge in [0.15, 0.2) is 0 Å². The molecule has 0 aliphatic carbocycles. The normalized spacial score (nSPS) is 13.8. The minimum atomic E-state index is -0.677. The van der Waals surface area contributed by atoms with E-state index < -0.39 is 6.10 Å². The molecule has 118 valence electrons. The summed E-state index contributed by atoms with van der Waals surface area (Å²) in [5, 5.41) is 32.2. The van der Waals surface area contributed by atoms with Crippen LogP contribution in [-0.4, -0.2) is 27.9 Å². The summed E-state index contributed by atoms with van der Waals surface area (Å²) >= 11 is 0. The Kier molecular flexibility index (Phi) is 5.95. The monoisotopic (exact) mass is 301 g/mol. The van der Waals surface area contributed by atoms with Gasteiger partial charge < -0.3 is 20.6 Å². The van der Waals surface area contributed by atoms with Gasteiger partial charge in [0, 0.05) is 18.2 Å². The Hall–Kier alpha value is -1.88. The van der Waals surface area contributed by atoms with Gasteiger partial charge in [-0.3, -0.25) is 0 Å². The summed E-state index contributed by atoms with van der Waals surface area (Å²) in [7, 11) is 0. The molecule has 2 atom stereocenters. The van der Waals surface area contributed by atoms with E-state index in [2.05, 4.69) is 24.4 Å². The smallest absolute Gasteiger partial charge is 0.121 e. The average Bonchev–Trinajstić information content (AvgIpc) is 2.54. The molecule has 0 heterocycles. The first-order chi connectivity index (χ1) is 10.6. The molecule has 1 unspecified atom stereocenters. The molecule has 0 spiro atoms. The van der Waals surface area contributed by atoms with E-state index in [0.29, 0.717) is 17.7 Å². The second kappa shape index (κ2) is 7.94. The predicted octanol–water partition coefficient (Wildman–Crippen LogP) is 2.14. The maximum absolute atomic E-state index is 10.2. The van der Waals surface area contributed by atoms with Gasteiger partial charge in [0.1, 0.15) is 5.75 Å². The Bertz CT molecular complexity index is 586. The Labute approximate surface area is 131 Å². The standard InChI is InChI=1S/C18H23NO3/c1-13(9-14-5-3-2-4-6-14)19-11-18(22)15-7-8-17(21)16(10-15)12-20/h2-8,10,13,18-22H,9,11-12H2,1H3/t13?,18-/m0/s1. The first-order valence-corrected chi connectivity index (χ1v) is 7.48. The van der Waals surface area contributed by atoms with Crippen molar-refractivity contribution < 1.29 is 15.3 Å². The van der Waals surface area contributed by atoms with Crippen LogP contribution in [0.3, 0.4) is 0 Å². The molecule has 4 N–H and O–H groups in total. The summed E-state index contributed by atoms with van der Waals surface area (Å²) < 4.78 is 0. The van der Waals surface area contributed by atoms with Crippen molar-refractivity contribution in [2.75, 3.05) is 6.54 Å². The van der Waals surface area contributed by atoms with E-state index in [1.165, 1.54) is 11.6 Å². The van der Waals surface area contributed by atoms with E-state index in [1.54, 1.807) is 12.1 Å². The molecule has 0 bridgehead atoms. The minimum Gasteiger partial charge on any atom is -0.508 e. The molecule has 0 aliphatic rings. The van der Waals surface area contributed by atoms with Crippen LogP contribution >= 0.6 is 0 Å². The molecule has 0 saturated carbocycles. The van der Waals surface area contributed by atoms with Crippen molar-refractivity contribution >= 4 is 0 Å². The van der Waals surface area contributed by atoms with E-state index in [-0.39, 0.29) is 18.4 Å². The summed E-state index contributed by atoms with van der Waals surface area (Å²) in [4.78, 5) is 0. The molecule has 4 heteroatoms. The zero-order chi connectivity index (χ0) is 15.9. The lowest BCUT2D eigenvalue weighted by Crippen LogP contribution is -2.32. The van der Waals surface area contributed by atoms with Crippen molar-refractivity contribution in [1.29, 1.82) is 0 Å². The zero-order valence-corrected chi connectivity index (χ0v) is 12.7. The third-order valence-corrected chi connectivity index (χ3v) is 3.70. The second-order valence-corrected chi connectivity index (χ2v) is 5.56. The van der Waals surface area contributed by atoms with E-state index in [0.717, 1.165) is 6.42 Å². The number of aromatic hydroxyl groups is 1. The van der Waals surface area contributed by atoms with Crippen molar-refractivity contribution in [2.24, 2.45) is 0 Å². The SMILES string of the molecule is CC(Cc1ccccc1)NC[C@H](O)c1ccc(O)c(CO)c1. The first kappa shape index (κ1) is 16.5. The fourth-order valence-corrected chi connectivity index (χ4v) is 2.41. The van der Waals surface area contributed by atoms with E-state index in [1.807, 2.05) is 18.2 Å². The van der Waals surface area contributed by atoms with Crippen molar-refractivity contribution in [3.8, 4) is 5.75 Å². The van der Waals surface area contributed by atoms with Gasteiger partial charge in [0.25, 0.3) is 0 Å². The number of aliphatic hydroxyl groups is 2. The fraction of sp³-hybridized carbons (Fsp3) is 0.333. The number of nitrogens with one attached hydrogen (secondary N) is 1. The highest BCUT2D eigenvalue weighted by Gasteiger charge is 2.12. The fourth-order valence-electron chi connectivity index (χ4n) is 2.41. The lowest BCUT2D eigenvalue weighted by molar-refractivity contribution is 0.170. The van der Waals surface area contributed by atoms with Crippen LogP contribution in [-0.2, 0) is 13.0 Å². The number of hydrogen-bond donors (Lipinski definition) is 4. The van der Waals surface area contributed by atoms with Crippen molar-refractivity contribution in [3.63, 3.8) is 0 Å². The number of benzene rings is 2. The lowest BCUT2D eigenvalue weighted by Gasteiger charge is -2.18. The van der Waals surface area contributed by atoms with E-state index in [4.69, 9.17) is 5.11 Å². The molecule has 2 aromatic rings. The molecule has 0 radical (unpaired) electrons. The second-order valence-electron chi connectivity index (χ2n) is 5.56. The van der Waals surface area contributed by atoms with Crippen molar-refractivity contribution in [2.45, 2.75) is 32.1 Å². The van der Waals surface area contributed by atoms with E-state index >= 15 is 0 Å². The molecular formula is C18H23NO3. The summed E-state index contributed by atoms with van der Waals surface area (Å²) in [6.45, 7) is 2.25. The summed E-state index contributed by atoms with van der Waals surface area (Å²) in [6, 6.07) is 15.2. The Morgan fingerprint density at radius 2 is 1.82 bits per heavy atom. The zero-order valence-electron chi connectivity index (χ0n) is 12.7. The maximum atomic E-state index is 10.2. The molecule has 0 aliphatic heterocycles. The molecule has 2 aromatic carbocycles. The van der Waals surface area contributed by atoms with Crippen LogP contribution in [0, 0.1) is 0 Å². The molecule has 2 rings (SSSR count). The number of rotatable bonds is 7. The van der Waals surface area contributed by atoms with Crippen LogP contribution in [0.25, 0.3) is 0 Å². The molecule has 0 fully saturated rings. The average molecular weight is 301 g/mol. The Balaban J connectivity index is 1.88. The summed E-state index contributed by atoms with van der Waals surface area (Å²) in [5.74, 6) is 0.0452. The quantitative estimate of drug-likeness (QED) is 0.632. The summed E-state index contributed by atoms with van der Waals surface area (Å²) in [5.41, 5.74) is 2.36. The molecule has 0 aromatic heterocycles. The molecule has 0 amide bonds. The third kappa shape index (κ3) is 4.56. The van der Waals surface area contributed by atoms with E-state index in [9.17, 15) is 10.2 Å². The first-order valence-electron chi connectivity index (χ1n) is 7.48. The minimum absolute atomic E-state index is 0.0452. The van der Waals surface area contributed by atoms with Crippen LogP contribution in [0.5, 0.6) is 5.75 Å². The highest BCUT2D eigenvalue weighted by atomic mass is 16.3. The largest absolute Gasteiger partial charge is 0.508 e. The van der Waals surface area contributed by atoms with Gasteiger partial charge in [-0.15, -0.1) is 0 Å². The van der Waals surface area contributed by atoms with Crippen LogP contribution < -0.4 is 5.32 Å².